The second-order valence-corrected chi connectivity index (χ2v) is 10.4. The second-order valence-electron chi connectivity index (χ2n) is 10.4. The zero-order valence-electron chi connectivity index (χ0n) is 25.8. The summed E-state index contributed by atoms with van der Waals surface area (Å²) in [5, 5.41) is 23.5. The first-order chi connectivity index (χ1) is 21.9. The fraction of sp³-hybridized carbons (Fsp3) is 0.548. The third-order valence-electron chi connectivity index (χ3n) is 6.45. The summed E-state index contributed by atoms with van der Waals surface area (Å²) in [6, 6.07) is 7.37. The number of nitrogens with one attached hydrogen (secondary N) is 2. The molecule has 0 aliphatic carbocycles. The van der Waals surface area contributed by atoms with Crippen molar-refractivity contribution in [2.75, 3.05) is 33.0 Å². The van der Waals surface area contributed by atoms with Crippen LogP contribution in [0.3, 0.4) is 0 Å². The number of esters is 1. The molecule has 0 unspecified atom stereocenters. The van der Waals surface area contributed by atoms with Crippen LogP contribution < -0.4 is 10.6 Å². The van der Waals surface area contributed by atoms with E-state index >= 15 is 0 Å². The van der Waals surface area contributed by atoms with Crippen LogP contribution in [0.1, 0.15) is 57.4 Å². The van der Waals surface area contributed by atoms with E-state index in [9.17, 15) is 48.6 Å². The fourth-order valence-corrected chi connectivity index (χ4v) is 4.19. The molecule has 3 atom stereocenters. The van der Waals surface area contributed by atoms with Crippen molar-refractivity contribution in [3.05, 3.63) is 35.9 Å². The van der Waals surface area contributed by atoms with Crippen molar-refractivity contribution in [1.82, 2.24) is 10.6 Å². The highest BCUT2D eigenvalue weighted by molar-refractivity contribution is 5.95. The first-order valence-corrected chi connectivity index (χ1v) is 14.7. The minimum absolute atomic E-state index is 0.00713. The number of hydrogen-bond acceptors (Lipinski definition) is 11. The Hall–Kier alpha value is -4.50. The zero-order chi connectivity index (χ0) is 34.3. The van der Waals surface area contributed by atoms with Gasteiger partial charge in [0.15, 0.2) is 5.78 Å². The molecule has 2 amide bonds. The Kier molecular flexibility index (Phi) is 19.7. The van der Waals surface area contributed by atoms with Crippen molar-refractivity contribution in [2.24, 2.45) is 11.8 Å². The van der Waals surface area contributed by atoms with Crippen LogP contribution in [0.5, 0.6) is 0 Å². The Balaban J connectivity index is 2.92. The van der Waals surface area contributed by atoms with Crippen molar-refractivity contribution in [3.63, 3.8) is 0 Å². The number of carbonyl (C=O) groups excluding carboxylic acids is 6. The maximum atomic E-state index is 13.4. The largest absolute Gasteiger partial charge is 0.481 e. The van der Waals surface area contributed by atoms with Crippen LogP contribution in [-0.2, 0) is 59.2 Å². The number of carboxylic acid groups (broad SMARTS) is 2. The molecule has 46 heavy (non-hydrogen) atoms. The molecule has 1 aromatic carbocycles. The lowest BCUT2D eigenvalue weighted by Gasteiger charge is -2.23. The number of aldehydes is 1. The lowest BCUT2D eigenvalue weighted by atomic mass is 9.92. The Morgan fingerprint density at radius 1 is 0.804 bits per heavy atom. The Bertz CT molecular complexity index is 1160. The predicted molar refractivity (Wildman–Crippen MR) is 159 cm³/mol. The molecule has 0 aromatic heterocycles. The highest BCUT2D eigenvalue weighted by Crippen LogP contribution is 2.16. The van der Waals surface area contributed by atoms with E-state index in [0.717, 1.165) is 6.29 Å². The van der Waals surface area contributed by atoms with Gasteiger partial charge in [-0.25, -0.2) is 0 Å². The van der Waals surface area contributed by atoms with Crippen LogP contribution >= 0.6 is 0 Å². The van der Waals surface area contributed by atoms with Gasteiger partial charge in [0, 0.05) is 32.2 Å². The van der Waals surface area contributed by atoms with Crippen molar-refractivity contribution in [3.8, 4) is 0 Å². The molecule has 15 nitrogen and oxygen atoms in total. The van der Waals surface area contributed by atoms with Crippen LogP contribution in [-0.4, -0.2) is 96.8 Å². The molecule has 0 radical (unpaired) electrons. The number of hydrogen-bond donors (Lipinski definition) is 4. The van der Waals surface area contributed by atoms with E-state index in [1.807, 2.05) is 0 Å². The van der Waals surface area contributed by atoms with Gasteiger partial charge < -0.3 is 44.6 Å². The van der Waals surface area contributed by atoms with E-state index in [2.05, 4.69) is 10.6 Å². The van der Waals surface area contributed by atoms with Crippen LogP contribution in [0.15, 0.2) is 30.3 Å². The average molecular weight is 651 g/mol. The third-order valence-corrected chi connectivity index (χ3v) is 6.45. The van der Waals surface area contributed by atoms with Crippen LogP contribution in [0, 0.1) is 11.8 Å². The van der Waals surface area contributed by atoms with Gasteiger partial charge in [0.05, 0.1) is 57.1 Å². The topological polar surface area (TPSA) is 229 Å². The van der Waals surface area contributed by atoms with Gasteiger partial charge >= 0.3 is 17.9 Å². The summed E-state index contributed by atoms with van der Waals surface area (Å²) in [5.41, 5.74) is 0.716. The molecule has 0 aliphatic rings. The standard InChI is InChI=1S/C31H42N2O13/c1-21(35)16-23(18-27(37)38)31(43)33-25(8-9-29(41)46-20-22-6-3-2-4-7-22)26(36)17-24(19-28(39)40)30(42)32-10-13-45-15-14-44-12-5-11-34/h2-4,6-7,11,23-25H,5,8-10,12-20H2,1H3,(H,32,42)(H,33,43)(H,37,38)(H,39,40)/t23-,24-,25+/m0/s1. The number of amides is 2. The molecule has 0 aliphatic heterocycles. The number of carboxylic acids is 2. The number of ether oxygens (including phenoxy) is 3. The summed E-state index contributed by atoms with van der Waals surface area (Å²) >= 11 is 0. The molecular formula is C31H42N2O13. The van der Waals surface area contributed by atoms with Gasteiger partial charge in [-0.2, -0.15) is 0 Å². The summed E-state index contributed by atoms with van der Waals surface area (Å²) in [6.45, 7) is 1.85. The molecule has 0 saturated carbocycles. The molecule has 0 spiro atoms. The summed E-state index contributed by atoms with van der Waals surface area (Å²) in [6.07, 6.45) is -2.09. The molecular weight excluding hydrogens is 608 g/mol. The quantitative estimate of drug-likeness (QED) is 0.0620. The number of benzene rings is 1. The van der Waals surface area contributed by atoms with Crippen LogP contribution in [0.25, 0.3) is 0 Å². The minimum atomic E-state index is -1.41. The zero-order valence-corrected chi connectivity index (χ0v) is 25.8. The molecule has 0 saturated heterocycles. The molecule has 0 heterocycles. The van der Waals surface area contributed by atoms with E-state index in [1.165, 1.54) is 6.92 Å². The van der Waals surface area contributed by atoms with Gasteiger partial charge in [0.1, 0.15) is 18.7 Å². The van der Waals surface area contributed by atoms with Crippen LogP contribution in [0.4, 0.5) is 0 Å². The molecule has 0 bridgehead atoms. The lowest BCUT2D eigenvalue weighted by Crippen LogP contribution is -2.46. The Labute approximate surface area is 266 Å². The van der Waals surface area contributed by atoms with Gasteiger partial charge in [-0.3, -0.25) is 28.8 Å². The first-order valence-electron chi connectivity index (χ1n) is 14.7. The second kappa shape index (κ2) is 22.9. The average Bonchev–Trinajstić information content (AvgIpc) is 3.00. The molecule has 15 heteroatoms. The number of ketones is 2. The highest BCUT2D eigenvalue weighted by Gasteiger charge is 2.32. The minimum Gasteiger partial charge on any atom is -0.481 e. The monoisotopic (exact) mass is 650 g/mol. The van der Waals surface area contributed by atoms with E-state index in [-0.39, 0.29) is 58.8 Å². The smallest absolute Gasteiger partial charge is 0.306 e. The van der Waals surface area contributed by atoms with Crippen molar-refractivity contribution < 1.29 is 62.8 Å². The predicted octanol–water partition coefficient (Wildman–Crippen LogP) is 0.853. The molecule has 4 N–H and O–H groups in total. The summed E-state index contributed by atoms with van der Waals surface area (Å²) in [5.74, 6) is -8.94. The van der Waals surface area contributed by atoms with E-state index in [0.29, 0.717) is 5.56 Å². The van der Waals surface area contributed by atoms with Gasteiger partial charge in [-0.05, 0) is 18.9 Å². The maximum absolute atomic E-state index is 13.4. The van der Waals surface area contributed by atoms with E-state index in [4.69, 9.17) is 14.2 Å². The van der Waals surface area contributed by atoms with Crippen molar-refractivity contribution >= 4 is 47.6 Å². The molecule has 1 aromatic rings. The summed E-state index contributed by atoms with van der Waals surface area (Å²) < 4.78 is 15.7. The van der Waals surface area contributed by atoms with Crippen molar-refractivity contribution in [1.29, 1.82) is 0 Å². The summed E-state index contributed by atoms with van der Waals surface area (Å²) in [7, 11) is 0. The fourth-order valence-electron chi connectivity index (χ4n) is 4.19. The van der Waals surface area contributed by atoms with E-state index < -0.39 is 84.8 Å². The Morgan fingerprint density at radius 3 is 2.00 bits per heavy atom. The third kappa shape index (κ3) is 18.3. The van der Waals surface area contributed by atoms with Gasteiger partial charge in [0.25, 0.3) is 0 Å². The molecule has 254 valence electrons. The normalized spacial score (nSPS) is 12.6. The number of Topliss-reactive ketones (excluding diaryl/α,β-unsaturated/α-hetero) is 2. The molecule has 1 rings (SSSR count). The maximum Gasteiger partial charge on any atom is 0.306 e. The number of aliphatic carboxylic acids is 2. The van der Waals surface area contributed by atoms with Gasteiger partial charge in [-0.1, -0.05) is 30.3 Å². The molecule has 0 fully saturated rings. The van der Waals surface area contributed by atoms with E-state index in [1.54, 1.807) is 30.3 Å². The van der Waals surface area contributed by atoms with Crippen molar-refractivity contribution in [2.45, 2.75) is 64.5 Å². The SMILES string of the molecule is CC(=O)C[C@@H](CC(=O)O)C(=O)N[C@H](CCC(=O)OCc1ccccc1)C(=O)C[C@@H](CC(=O)O)C(=O)NCCOCCOCCC=O. The highest BCUT2D eigenvalue weighted by atomic mass is 16.5. The van der Waals surface area contributed by atoms with Crippen LogP contribution in [0.2, 0.25) is 0 Å². The lowest BCUT2D eigenvalue weighted by molar-refractivity contribution is -0.145. The summed E-state index contributed by atoms with van der Waals surface area (Å²) in [4.78, 5) is 96.3. The first kappa shape index (κ1) is 39.5. The Morgan fingerprint density at radius 2 is 1.41 bits per heavy atom. The number of rotatable bonds is 26. The van der Waals surface area contributed by atoms with Gasteiger partial charge in [0.2, 0.25) is 11.8 Å². The number of carbonyl (C=O) groups is 8. The van der Waals surface area contributed by atoms with Gasteiger partial charge in [-0.15, -0.1) is 0 Å².